The summed E-state index contributed by atoms with van der Waals surface area (Å²) in [6, 6.07) is 4.02. The molecule has 0 radical (unpaired) electrons. The summed E-state index contributed by atoms with van der Waals surface area (Å²) >= 11 is 1.62. The van der Waals surface area contributed by atoms with Crippen molar-refractivity contribution in [2.45, 2.75) is 26.2 Å². The number of aromatic nitrogens is 1. The number of nitrogens with zero attached hydrogens (tertiary/aromatic N) is 1. The van der Waals surface area contributed by atoms with Gasteiger partial charge in [0, 0.05) is 11.8 Å². The molecule has 0 aromatic carbocycles. The van der Waals surface area contributed by atoms with Gasteiger partial charge in [0.2, 0.25) is 0 Å². The Balaban J connectivity index is 2.81. The molecule has 0 fully saturated rings. The van der Waals surface area contributed by atoms with Gasteiger partial charge in [0.05, 0.1) is 15.2 Å². The first-order valence-corrected chi connectivity index (χ1v) is 5.45. The number of fused-ring (bicyclic) bond motifs is 1. The quantitative estimate of drug-likeness (QED) is 0.719. The maximum atomic E-state index is 6.02. The lowest BCUT2D eigenvalue weighted by Gasteiger charge is -2.18. The fourth-order valence-corrected chi connectivity index (χ4v) is 2.81. The van der Waals surface area contributed by atoms with E-state index in [0.717, 1.165) is 10.5 Å². The Morgan fingerprint density at radius 2 is 2.07 bits per heavy atom. The van der Waals surface area contributed by atoms with Crippen molar-refractivity contribution >= 4 is 26.6 Å². The highest BCUT2D eigenvalue weighted by Crippen LogP contribution is 2.39. The van der Waals surface area contributed by atoms with Gasteiger partial charge >= 0.3 is 0 Å². The van der Waals surface area contributed by atoms with Gasteiger partial charge in [0.15, 0.2) is 0 Å². The summed E-state index contributed by atoms with van der Waals surface area (Å²) < 4.78 is 1.18. The van der Waals surface area contributed by atoms with E-state index in [9.17, 15) is 0 Å². The first-order valence-electron chi connectivity index (χ1n) is 4.63. The first kappa shape index (κ1) is 9.46. The van der Waals surface area contributed by atoms with Crippen LogP contribution in [0.15, 0.2) is 18.3 Å². The molecule has 0 aliphatic rings. The van der Waals surface area contributed by atoms with Crippen molar-refractivity contribution in [3.8, 4) is 0 Å². The van der Waals surface area contributed by atoms with Crippen molar-refractivity contribution in [3.63, 3.8) is 0 Å². The lowest BCUT2D eigenvalue weighted by atomic mass is 9.87. The van der Waals surface area contributed by atoms with Gasteiger partial charge in [-0.25, -0.2) is 0 Å². The summed E-state index contributed by atoms with van der Waals surface area (Å²) in [6.45, 7) is 6.50. The van der Waals surface area contributed by atoms with Crippen LogP contribution in [0.4, 0.5) is 5.00 Å². The van der Waals surface area contributed by atoms with E-state index in [-0.39, 0.29) is 5.41 Å². The number of nitrogens with two attached hydrogens (primary N) is 1. The molecule has 0 aliphatic heterocycles. The van der Waals surface area contributed by atoms with Crippen LogP contribution in [-0.4, -0.2) is 4.98 Å². The molecule has 2 aromatic rings. The molecule has 0 saturated heterocycles. The normalized spacial score (nSPS) is 12.2. The van der Waals surface area contributed by atoms with E-state index in [1.807, 2.05) is 12.3 Å². The minimum Gasteiger partial charge on any atom is -0.390 e. The third kappa shape index (κ3) is 1.38. The molecule has 2 N–H and O–H groups in total. The van der Waals surface area contributed by atoms with Crippen molar-refractivity contribution in [2.75, 3.05) is 5.73 Å². The summed E-state index contributed by atoms with van der Waals surface area (Å²) in [4.78, 5) is 4.40. The Morgan fingerprint density at radius 3 is 2.71 bits per heavy atom. The van der Waals surface area contributed by atoms with Gasteiger partial charge in [-0.3, -0.25) is 4.98 Å². The highest BCUT2D eigenvalue weighted by molar-refractivity contribution is 7.22. The second-order valence-electron chi connectivity index (χ2n) is 4.44. The molecule has 0 unspecified atom stereocenters. The summed E-state index contributed by atoms with van der Waals surface area (Å²) in [6.07, 6.45) is 1.82. The molecule has 2 rings (SSSR count). The van der Waals surface area contributed by atoms with Crippen molar-refractivity contribution < 1.29 is 0 Å². The van der Waals surface area contributed by atoms with Crippen LogP contribution in [0.5, 0.6) is 0 Å². The Hall–Kier alpha value is -1.09. The molecule has 0 atom stereocenters. The average Bonchev–Trinajstić information content (AvgIpc) is 2.38. The molecule has 3 heteroatoms. The van der Waals surface area contributed by atoms with Crippen LogP contribution in [0.25, 0.3) is 10.2 Å². The zero-order valence-corrected chi connectivity index (χ0v) is 9.48. The van der Waals surface area contributed by atoms with E-state index in [1.54, 1.807) is 11.3 Å². The van der Waals surface area contributed by atoms with E-state index < -0.39 is 0 Å². The Morgan fingerprint density at radius 1 is 1.36 bits per heavy atom. The predicted molar refractivity (Wildman–Crippen MR) is 62.7 cm³/mol. The summed E-state index contributed by atoms with van der Waals surface area (Å²) in [7, 11) is 0. The molecule has 2 aromatic heterocycles. The van der Waals surface area contributed by atoms with Crippen molar-refractivity contribution in [1.29, 1.82) is 0 Å². The third-order valence-corrected chi connectivity index (χ3v) is 3.20. The highest BCUT2D eigenvalue weighted by atomic mass is 32.1. The zero-order valence-electron chi connectivity index (χ0n) is 8.66. The Labute approximate surface area is 87.8 Å². The molecule has 74 valence electrons. The number of thiophene rings is 1. The third-order valence-electron chi connectivity index (χ3n) is 2.22. The molecule has 0 spiro atoms. The lowest BCUT2D eigenvalue weighted by Crippen LogP contribution is -2.12. The number of hydrogen-bond donors (Lipinski definition) is 1. The van der Waals surface area contributed by atoms with Crippen LogP contribution in [-0.2, 0) is 5.41 Å². The van der Waals surface area contributed by atoms with Crippen LogP contribution < -0.4 is 5.73 Å². The van der Waals surface area contributed by atoms with Crippen LogP contribution in [0, 0.1) is 0 Å². The zero-order chi connectivity index (χ0) is 10.3. The maximum absolute atomic E-state index is 6.02. The summed E-state index contributed by atoms with van der Waals surface area (Å²) in [5.74, 6) is 0. The lowest BCUT2D eigenvalue weighted by molar-refractivity contribution is 0.598. The standard InChI is InChI=1S/C11H14N2S/c1-11(2,3)8-9-7(14-10(8)12)5-4-6-13-9/h4-6H,12H2,1-3H3. The van der Waals surface area contributed by atoms with Crippen molar-refractivity contribution in [1.82, 2.24) is 4.98 Å². The van der Waals surface area contributed by atoms with Crippen LogP contribution >= 0.6 is 11.3 Å². The largest absolute Gasteiger partial charge is 0.390 e. The van der Waals surface area contributed by atoms with Crippen LogP contribution in [0.1, 0.15) is 26.3 Å². The van der Waals surface area contributed by atoms with E-state index in [4.69, 9.17) is 5.73 Å². The first-order chi connectivity index (χ1) is 6.50. The minimum atomic E-state index is 0.0662. The van der Waals surface area contributed by atoms with Gasteiger partial charge in [-0.15, -0.1) is 11.3 Å². The molecule has 0 aliphatic carbocycles. The molecular formula is C11H14N2S. The summed E-state index contributed by atoms with van der Waals surface area (Å²) in [5.41, 5.74) is 8.32. The van der Waals surface area contributed by atoms with Crippen molar-refractivity contribution in [2.24, 2.45) is 0 Å². The molecule has 2 nitrogen and oxygen atoms in total. The van der Waals surface area contributed by atoms with E-state index >= 15 is 0 Å². The minimum absolute atomic E-state index is 0.0662. The number of rotatable bonds is 0. The van der Waals surface area contributed by atoms with E-state index in [0.29, 0.717) is 0 Å². The molecule has 0 bridgehead atoms. The van der Waals surface area contributed by atoms with Crippen LogP contribution in [0.3, 0.4) is 0 Å². The Kier molecular flexibility index (Phi) is 2.00. The predicted octanol–water partition coefficient (Wildman–Crippen LogP) is 3.18. The van der Waals surface area contributed by atoms with E-state index in [2.05, 4.69) is 31.8 Å². The summed E-state index contributed by atoms with van der Waals surface area (Å²) in [5, 5.41) is 0.895. The second-order valence-corrected chi connectivity index (χ2v) is 5.53. The number of hydrogen-bond acceptors (Lipinski definition) is 3. The highest BCUT2D eigenvalue weighted by Gasteiger charge is 2.22. The fourth-order valence-electron chi connectivity index (χ4n) is 1.67. The van der Waals surface area contributed by atoms with E-state index in [1.165, 1.54) is 10.3 Å². The molecule has 0 saturated carbocycles. The average molecular weight is 206 g/mol. The number of anilines is 1. The van der Waals surface area contributed by atoms with Gasteiger partial charge in [0.1, 0.15) is 0 Å². The maximum Gasteiger partial charge on any atom is 0.0923 e. The molecular weight excluding hydrogens is 192 g/mol. The smallest absolute Gasteiger partial charge is 0.0923 e. The molecule has 0 amide bonds. The van der Waals surface area contributed by atoms with Gasteiger partial charge in [-0.1, -0.05) is 20.8 Å². The topological polar surface area (TPSA) is 38.9 Å². The van der Waals surface area contributed by atoms with Gasteiger partial charge < -0.3 is 5.73 Å². The molecule has 14 heavy (non-hydrogen) atoms. The Bertz CT molecular complexity index is 466. The molecule has 2 heterocycles. The van der Waals surface area contributed by atoms with Gasteiger partial charge in [-0.2, -0.15) is 0 Å². The van der Waals surface area contributed by atoms with Crippen LogP contribution in [0.2, 0.25) is 0 Å². The van der Waals surface area contributed by atoms with Crippen molar-refractivity contribution in [3.05, 3.63) is 23.9 Å². The van der Waals surface area contributed by atoms with Gasteiger partial charge in [-0.05, 0) is 17.5 Å². The monoisotopic (exact) mass is 206 g/mol. The SMILES string of the molecule is CC(C)(C)c1c(N)sc2cccnc12. The number of nitrogen functional groups attached to an aromatic ring is 1. The number of pyridine rings is 1. The fraction of sp³-hybridized carbons (Fsp3) is 0.364. The van der Waals surface area contributed by atoms with Gasteiger partial charge in [0.25, 0.3) is 0 Å². The second kappa shape index (κ2) is 2.95.